The van der Waals surface area contributed by atoms with Crippen LogP contribution in [0.4, 0.5) is 0 Å². The van der Waals surface area contributed by atoms with Crippen molar-refractivity contribution in [1.29, 1.82) is 0 Å². The number of nitrogens with zero attached hydrogens (tertiary/aromatic N) is 3. The zero-order chi connectivity index (χ0) is 14.1. The molecule has 0 fully saturated rings. The average Bonchev–Trinajstić information content (AvgIpc) is 2.95. The summed E-state index contributed by atoms with van der Waals surface area (Å²) in [6.45, 7) is 2.82. The Bertz CT molecular complexity index is 750. The van der Waals surface area contributed by atoms with Gasteiger partial charge in [0.05, 0.1) is 6.54 Å². The minimum Gasteiger partial charge on any atom is -0.307 e. The Hall–Kier alpha value is -0.910. The third-order valence-electron chi connectivity index (χ3n) is 3.05. The first-order chi connectivity index (χ1) is 9.67. The fourth-order valence-corrected chi connectivity index (χ4v) is 3.80. The van der Waals surface area contributed by atoms with Crippen molar-refractivity contribution in [3.05, 3.63) is 44.4 Å². The Balaban J connectivity index is 2.08. The van der Waals surface area contributed by atoms with Crippen LogP contribution in [0.25, 0.3) is 11.2 Å². The van der Waals surface area contributed by atoms with E-state index in [0.29, 0.717) is 5.88 Å². The summed E-state index contributed by atoms with van der Waals surface area (Å²) in [5.41, 5.74) is 3.00. The highest BCUT2D eigenvalue weighted by atomic mass is 79.9. The molecule has 0 bridgehead atoms. The lowest BCUT2D eigenvalue weighted by molar-refractivity contribution is 0.756. The number of imidazole rings is 1. The predicted molar refractivity (Wildman–Crippen MR) is 87.8 cm³/mol. The van der Waals surface area contributed by atoms with Gasteiger partial charge in [-0.25, -0.2) is 9.97 Å². The van der Waals surface area contributed by atoms with Gasteiger partial charge in [0.15, 0.2) is 5.65 Å². The maximum atomic E-state index is 5.90. The molecule has 0 aromatic carbocycles. The minimum absolute atomic E-state index is 0.566. The molecule has 0 aliphatic heterocycles. The van der Waals surface area contributed by atoms with E-state index in [2.05, 4.69) is 48.0 Å². The lowest BCUT2D eigenvalue weighted by Gasteiger charge is -2.06. The van der Waals surface area contributed by atoms with Gasteiger partial charge in [-0.2, -0.15) is 0 Å². The standard InChI is InChI=1S/C14H13BrClN3S/c1-9-4-12-14(17-6-9)19(13(18-12)2-3-16)7-11-5-10(15)8-20-11/h4-6,8H,2-3,7H2,1H3. The maximum absolute atomic E-state index is 5.90. The number of thiophene rings is 1. The van der Waals surface area contributed by atoms with E-state index in [1.165, 1.54) is 4.88 Å². The zero-order valence-electron chi connectivity index (χ0n) is 10.9. The Kier molecular flexibility index (Phi) is 4.10. The first-order valence-corrected chi connectivity index (χ1v) is 8.48. The van der Waals surface area contributed by atoms with Crippen LogP contribution in [0.3, 0.4) is 0 Å². The summed E-state index contributed by atoms with van der Waals surface area (Å²) in [6.07, 6.45) is 2.64. The summed E-state index contributed by atoms with van der Waals surface area (Å²) < 4.78 is 3.28. The minimum atomic E-state index is 0.566. The van der Waals surface area contributed by atoms with Crippen molar-refractivity contribution in [2.75, 3.05) is 5.88 Å². The quantitative estimate of drug-likeness (QED) is 0.638. The first kappa shape index (κ1) is 14.0. The number of aryl methyl sites for hydroxylation is 2. The van der Waals surface area contributed by atoms with Crippen molar-refractivity contribution in [3.63, 3.8) is 0 Å². The van der Waals surface area contributed by atoms with Crippen molar-refractivity contribution in [2.45, 2.75) is 19.9 Å². The number of fused-ring (bicyclic) bond motifs is 1. The molecule has 6 heteroatoms. The third-order valence-corrected chi connectivity index (χ3v) is 4.93. The number of hydrogen-bond donors (Lipinski definition) is 0. The van der Waals surface area contributed by atoms with Gasteiger partial charge in [-0.05, 0) is 40.5 Å². The lowest BCUT2D eigenvalue weighted by Crippen LogP contribution is -2.05. The van der Waals surface area contributed by atoms with Crippen LogP contribution in [0.1, 0.15) is 16.3 Å². The molecular formula is C14H13BrClN3S. The molecule has 0 spiro atoms. The third kappa shape index (κ3) is 2.75. The molecule has 0 unspecified atom stereocenters. The van der Waals surface area contributed by atoms with Crippen molar-refractivity contribution in [3.8, 4) is 0 Å². The normalized spacial score (nSPS) is 11.3. The molecule has 3 aromatic rings. The topological polar surface area (TPSA) is 30.7 Å². The van der Waals surface area contributed by atoms with Gasteiger partial charge in [-0.3, -0.25) is 0 Å². The maximum Gasteiger partial charge on any atom is 0.160 e. The van der Waals surface area contributed by atoms with Crippen LogP contribution in [0.2, 0.25) is 0 Å². The molecule has 0 saturated heterocycles. The summed E-state index contributed by atoms with van der Waals surface area (Å²) in [7, 11) is 0. The number of rotatable bonds is 4. The average molecular weight is 371 g/mol. The summed E-state index contributed by atoms with van der Waals surface area (Å²) in [5, 5.41) is 2.09. The van der Waals surface area contributed by atoms with E-state index in [9.17, 15) is 0 Å². The molecule has 20 heavy (non-hydrogen) atoms. The zero-order valence-corrected chi connectivity index (χ0v) is 14.1. The van der Waals surface area contributed by atoms with Crippen molar-refractivity contribution < 1.29 is 0 Å². The van der Waals surface area contributed by atoms with Crippen LogP contribution < -0.4 is 0 Å². The molecule has 0 aliphatic rings. The van der Waals surface area contributed by atoms with Crippen LogP contribution >= 0.6 is 38.9 Å². The lowest BCUT2D eigenvalue weighted by atomic mass is 10.3. The largest absolute Gasteiger partial charge is 0.307 e. The van der Waals surface area contributed by atoms with E-state index in [4.69, 9.17) is 11.6 Å². The van der Waals surface area contributed by atoms with Crippen LogP contribution in [0, 0.1) is 6.92 Å². The first-order valence-electron chi connectivity index (χ1n) is 6.28. The summed E-state index contributed by atoms with van der Waals surface area (Å²) in [6, 6.07) is 4.20. The van der Waals surface area contributed by atoms with Crippen LogP contribution in [0.15, 0.2) is 28.2 Å². The summed E-state index contributed by atoms with van der Waals surface area (Å²) in [5.74, 6) is 1.56. The van der Waals surface area contributed by atoms with Crippen molar-refractivity contribution in [2.24, 2.45) is 0 Å². The molecule has 3 aromatic heterocycles. The van der Waals surface area contributed by atoms with Gasteiger partial charge in [-0.15, -0.1) is 22.9 Å². The highest BCUT2D eigenvalue weighted by molar-refractivity contribution is 9.10. The number of hydrogen-bond acceptors (Lipinski definition) is 3. The van der Waals surface area contributed by atoms with Gasteiger partial charge in [0.2, 0.25) is 0 Å². The monoisotopic (exact) mass is 369 g/mol. The molecule has 0 atom stereocenters. The molecule has 3 nitrogen and oxygen atoms in total. The fraction of sp³-hybridized carbons (Fsp3) is 0.286. The second kappa shape index (κ2) is 5.84. The van der Waals surface area contributed by atoms with Crippen LogP contribution in [0.5, 0.6) is 0 Å². The number of pyridine rings is 1. The number of alkyl halides is 1. The van der Waals surface area contributed by atoms with Gasteiger partial charge in [0.25, 0.3) is 0 Å². The molecule has 104 valence electrons. The van der Waals surface area contributed by atoms with Gasteiger partial charge < -0.3 is 4.57 Å². The predicted octanol–water partition coefficient (Wildman–Crippen LogP) is 4.39. The highest BCUT2D eigenvalue weighted by Crippen LogP contribution is 2.23. The van der Waals surface area contributed by atoms with Crippen LogP contribution in [-0.2, 0) is 13.0 Å². The van der Waals surface area contributed by atoms with E-state index < -0.39 is 0 Å². The Morgan fingerprint density at radius 2 is 2.25 bits per heavy atom. The fourth-order valence-electron chi connectivity index (χ4n) is 2.19. The van der Waals surface area contributed by atoms with Gasteiger partial charge in [0.1, 0.15) is 11.3 Å². The Morgan fingerprint density at radius 1 is 1.40 bits per heavy atom. The van der Waals surface area contributed by atoms with E-state index in [1.807, 2.05) is 13.1 Å². The molecule has 0 radical (unpaired) electrons. The Morgan fingerprint density at radius 3 is 2.95 bits per heavy atom. The van der Waals surface area contributed by atoms with Crippen molar-refractivity contribution >= 4 is 50.0 Å². The van der Waals surface area contributed by atoms with Gasteiger partial charge in [-0.1, -0.05) is 0 Å². The van der Waals surface area contributed by atoms with E-state index in [0.717, 1.165) is 40.0 Å². The molecule has 3 rings (SSSR count). The smallest absolute Gasteiger partial charge is 0.160 e. The van der Waals surface area contributed by atoms with Gasteiger partial charge in [0, 0.05) is 33.2 Å². The number of aromatic nitrogens is 3. The van der Waals surface area contributed by atoms with E-state index >= 15 is 0 Å². The molecule has 0 aliphatic carbocycles. The molecule has 0 N–H and O–H groups in total. The van der Waals surface area contributed by atoms with Crippen LogP contribution in [-0.4, -0.2) is 20.4 Å². The Labute approximate surface area is 134 Å². The molecule has 3 heterocycles. The number of halogens is 2. The van der Waals surface area contributed by atoms with Gasteiger partial charge >= 0.3 is 0 Å². The second-order valence-electron chi connectivity index (χ2n) is 4.64. The molecule has 0 saturated carbocycles. The van der Waals surface area contributed by atoms with Crippen molar-refractivity contribution in [1.82, 2.24) is 14.5 Å². The summed E-state index contributed by atoms with van der Waals surface area (Å²) in [4.78, 5) is 10.5. The molecular weight excluding hydrogens is 358 g/mol. The summed E-state index contributed by atoms with van der Waals surface area (Å²) >= 11 is 11.1. The SMILES string of the molecule is Cc1cnc2c(c1)nc(CCCl)n2Cc1cc(Br)cs1. The highest BCUT2D eigenvalue weighted by Gasteiger charge is 2.13. The van der Waals surface area contributed by atoms with E-state index in [-0.39, 0.29) is 0 Å². The van der Waals surface area contributed by atoms with E-state index in [1.54, 1.807) is 11.3 Å². The molecule has 0 amide bonds. The second-order valence-corrected chi connectivity index (χ2v) is 6.93.